The van der Waals surface area contributed by atoms with Gasteiger partial charge < -0.3 is 36.2 Å². The van der Waals surface area contributed by atoms with Crippen molar-refractivity contribution in [2.75, 3.05) is 33.1 Å². The van der Waals surface area contributed by atoms with Gasteiger partial charge in [-0.2, -0.15) is 0 Å². The summed E-state index contributed by atoms with van der Waals surface area (Å²) in [4.78, 5) is 53.3. The van der Waals surface area contributed by atoms with Crippen molar-refractivity contribution in [3.8, 4) is 17.6 Å². The van der Waals surface area contributed by atoms with Gasteiger partial charge in [-0.05, 0) is 44.5 Å². The monoisotopic (exact) mass is 525 g/mol. The van der Waals surface area contributed by atoms with Crippen molar-refractivity contribution < 1.29 is 44.7 Å². The number of carbonyl (C=O) groups is 4. The maximum absolute atomic E-state index is 13.8. The lowest BCUT2D eigenvalue weighted by Crippen LogP contribution is -2.63. The van der Waals surface area contributed by atoms with Crippen molar-refractivity contribution in [2.24, 2.45) is 17.6 Å². The summed E-state index contributed by atoms with van der Waals surface area (Å²) in [5, 5.41) is 53.7. The number of likely N-dealkylation sites (N-methyl/N-ethyl adjacent to an activating group) is 1. The minimum absolute atomic E-state index is 0.0417. The summed E-state index contributed by atoms with van der Waals surface area (Å²) in [6.45, 7) is 0. The van der Waals surface area contributed by atoms with E-state index in [1.807, 2.05) is 5.92 Å². The van der Waals surface area contributed by atoms with Crippen LogP contribution in [0.3, 0.4) is 0 Å². The molecule has 200 valence electrons. The molecule has 0 saturated carbocycles. The number of rotatable bonds is 3. The number of allylic oxidation sites excluding steroid dienone is 1. The van der Waals surface area contributed by atoms with Crippen LogP contribution in [0.25, 0.3) is 0 Å². The summed E-state index contributed by atoms with van der Waals surface area (Å²) in [6.07, 6.45) is 0.0578. The zero-order valence-electron chi connectivity index (χ0n) is 21.1. The van der Waals surface area contributed by atoms with E-state index in [-0.39, 0.29) is 29.5 Å². The fourth-order valence-electron chi connectivity index (χ4n) is 5.91. The lowest BCUT2D eigenvalue weighted by atomic mass is 9.58. The van der Waals surface area contributed by atoms with E-state index >= 15 is 0 Å². The SMILES string of the molecule is CN(C)c1cc(C#CC(=O)O)c(O)c2c1C[C@H]1C[C@H]3[C@@H](N(C)C)C(O)=C(C(N)=O)C(=O)[C@@]3(O)C(O)=C1C2=O. The Morgan fingerprint density at radius 1 is 1.13 bits per heavy atom. The Balaban J connectivity index is 2.00. The molecule has 1 aromatic rings. The summed E-state index contributed by atoms with van der Waals surface area (Å²) in [6, 6.07) is 0.363. The number of aliphatic carboxylic acids is 1. The molecule has 0 heterocycles. The Bertz CT molecular complexity index is 1440. The van der Waals surface area contributed by atoms with Crippen molar-refractivity contribution in [1.82, 2.24) is 4.90 Å². The van der Waals surface area contributed by atoms with Gasteiger partial charge in [-0.1, -0.05) is 5.92 Å². The van der Waals surface area contributed by atoms with Gasteiger partial charge in [-0.3, -0.25) is 19.3 Å². The second kappa shape index (κ2) is 8.90. The van der Waals surface area contributed by atoms with Gasteiger partial charge in [0.2, 0.25) is 5.78 Å². The number of hydrogen-bond acceptors (Lipinski definition) is 10. The van der Waals surface area contributed by atoms with Gasteiger partial charge >= 0.3 is 5.97 Å². The van der Waals surface area contributed by atoms with Crippen LogP contribution < -0.4 is 10.6 Å². The summed E-state index contributed by atoms with van der Waals surface area (Å²) in [5.74, 6) is -4.85. The number of phenols is 1. The average molecular weight is 526 g/mol. The quantitative estimate of drug-likeness (QED) is 0.222. The lowest BCUT2D eigenvalue weighted by molar-refractivity contribution is -0.148. The number of fused-ring (bicyclic) bond motifs is 3. The normalized spacial score (nSPS) is 26.3. The number of ketones is 2. The van der Waals surface area contributed by atoms with Crippen molar-refractivity contribution in [3.63, 3.8) is 0 Å². The van der Waals surface area contributed by atoms with Crippen molar-refractivity contribution in [3.05, 3.63) is 45.4 Å². The molecular weight excluding hydrogens is 498 g/mol. The Morgan fingerprint density at radius 2 is 1.76 bits per heavy atom. The highest BCUT2D eigenvalue weighted by atomic mass is 16.4. The average Bonchev–Trinajstić information content (AvgIpc) is 2.80. The Kier molecular flexibility index (Phi) is 6.25. The standard InChI is InChI=1S/C26H27N3O9/c1-28(2)14-9-10(5-6-15(30)31)20(32)17-12(14)7-11-8-13-19(29(3)4)22(34)18(25(27)37)24(36)26(13,38)23(35)16(11)21(17)33/h9,11,13,19,32,34-35,38H,7-8H2,1-4H3,(H2,27,37)(H,30,31)/t11-,13-,19+,26-/m0/s1. The molecule has 4 rings (SSSR count). The van der Waals surface area contributed by atoms with Gasteiger partial charge in [0.05, 0.1) is 17.2 Å². The van der Waals surface area contributed by atoms with Gasteiger partial charge in [0, 0.05) is 37.2 Å². The molecule has 0 spiro atoms. The van der Waals surface area contributed by atoms with Crippen molar-refractivity contribution in [1.29, 1.82) is 0 Å². The van der Waals surface area contributed by atoms with E-state index in [1.165, 1.54) is 11.0 Å². The predicted molar refractivity (Wildman–Crippen MR) is 133 cm³/mol. The number of hydrogen-bond donors (Lipinski definition) is 6. The number of Topliss-reactive ketones (excluding diaryl/α,β-unsaturated/α-hetero) is 2. The first-order valence-corrected chi connectivity index (χ1v) is 11.6. The Morgan fingerprint density at radius 3 is 2.29 bits per heavy atom. The predicted octanol–water partition coefficient (Wildman–Crippen LogP) is -0.377. The molecule has 3 aliphatic carbocycles. The van der Waals surface area contributed by atoms with Gasteiger partial charge in [-0.25, -0.2) is 4.79 Å². The fraction of sp³-hybridized carbons (Fsp3) is 0.385. The number of aliphatic hydroxyl groups is 3. The lowest BCUT2D eigenvalue weighted by Gasteiger charge is -2.50. The van der Waals surface area contributed by atoms with E-state index in [4.69, 9.17) is 10.8 Å². The smallest absolute Gasteiger partial charge is 0.382 e. The van der Waals surface area contributed by atoms with Gasteiger partial charge in [0.1, 0.15) is 22.8 Å². The van der Waals surface area contributed by atoms with Crippen LogP contribution in [0, 0.1) is 23.7 Å². The second-order valence-corrected chi connectivity index (χ2v) is 10.1. The van der Waals surface area contributed by atoms with E-state index in [1.54, 1.807) is 33.1 Å². The number of carbonyl (C=O) groups excluding carboxylic acids is 3. The number of nitrogens with zero attached hydrogens (tertiary/aromatic N) is 2. The molecule has 7 N–H and O–H groups in total. The number of carboxylic acids is 1. The van der Waals surface area contributed by atoms with E-state index in [0.717, 1.165) is 0 Å². The Labute approximate surface area is 217 Å². The van der Waals surface area contributed by atoms with Crippen LogP contribution >= 0.6 is 0 Å². The van der Waals surface area contributed by atoms with Crippen LogP contribution in [0.5, 0.6) is 5.75 Å². The van der Waals surface area contributed by atoms with E-state index < -0.39 is 69.8 Å². The molecule has 12 heteroatoms. The number of nitrogens with two attached hydrogens (primary N) is 1. The molecule has 0 unspecified atom stereocenters. The molecule has 12 nitrogen and oxygen atoms in total. The number of benzene rings is 1. The molecule has 38 heavy (non-hydrogen) atoms. The zero-order chi connectivity index (χ0) is 28.4. The first-order chi connectivity index (χ1) is 17.6. The molecule has 0 radical (unpaired) electrons. The molecule has 1 amide bonds. The number of carboxylic acid groups (broad SMARTS) is 1. The van der Waals surface area contributed by atoms with Gasteiger partial charge in [0.25, 0.3) is 5.91 Å². The highest BCUT2D eigenvalue weighted by Crippen LogP contribution is 2.53. The van der Waals surface area contributed by atoms with E-state index in [9.17, 15) is 39.6 Å². The molecule has 0 saturated heterocycles. The second-order valence-electron chi connectivity index (χ2n) is 10.1. The maximum Gasteiger partial charge on any atom is 0.382 e. The first kappa shape index (κ1) is 26.7. The zero-order valence-corrected chi connectivity index (χ0v) is 21.1. The number of anilines is 1. The number of aromatic hydroxyl groups is 1. The third-order valence-corrected chi connectivity index (χ3v) is 7.48. The largest absolute Gasteiger partial charge is 0.510 e. The number of primary amides is 1. The highest BCUT2D eigenvalue weighted by molar-refractivity contribution is 6.25. The molecule has 0 aliphatic heterocycles. The molecule has 4 atom stereocenters. The van der Waals surface area contributed by atoms with E-state index in [0.29, 0.717) is 11.3 Å². The van der Waals surface area contributed by atoms with Crippen LogP contribution in [0.2, 0.25) is 0 Å². The summed E-state index contributed by atoms with van der Waals surface area (Å²) in [5.41, 5.74) is 1.88. The van der Waals surface area contributed by atoms with Crippen molar-refractivity contribution in [2.45, 2.75) is 24.5 Å². The summed E-state index contributed by atoms with van der Waals surface area (Å²) in [7, 11) is 6.47. The third-order valence-electron chi connectivity index (χ3n) is 7.48. The summed E-state index contributed by atoms with van der Waals surface area (Å²) >= 11 is 0. The highest BCUT2D eigenvalue weighted by Gasteiger charge is 2.63. The molecule has 0 bridgehead atoms. The number of phenolic OH excluding ortho intramolecular Hbond substituents is 1. The molecule has 3 aliphatic rings. The van der Waals surface area contributed by atoms with Gasteiger partial charge in [-0.15, -0.1) is 0 Å². The minimum Gasteiger partial charge on any atom is -0.510 e. The van der Waals surface area contributed by atoms with Crippen LogP contribution in [-0.4, -0.2) is 93.7 Å². The van der Waals surface area contributed by atoms with Crippen LogP contribution in [0.15, 0.2) is 28.7 Å². The topological polar surface area (TPSA) is 202 Å². The maximum atomic E-state index is 13.8. The number of amides is 1. The molecule has 1 aromatic carbocycles. The summed E-state index contributed by atoms with van der Waals surface area (Å²) < 4.78 is 0. The fourth-order valence-corrected chi connectivity index (χ4v) is 5.91. The van der Waals surface area contributed by atoms with Crippen LogP contribution in [-0.2, 0) is 20.8 Å². The molecular formula is C26H27N3O9. The van der Waals surface area contributed by atoms with Crippen molar-refractivity contribution >= 4 is 29.1 Å². The Hall–Kier alpha value is -4.34. The molecule has 0 fully saturated rings. The first-order valence-electron chi connectivity index (χ1n) is 11.6. The van der Waals surface area contributed by atoms with Crippen LogP contribution in [0.1, 0.15) is 27.9 Å². The minimum atomic E-state index is -2.74. The van der Waals surface area contributed by atoms with E-state index in [2.05, 4.69) is 5.92 Å². The molecule has 0 aromatic heterocycles. The van der Waals surface area contributed by atoms with Gasteiger partial charge in [0.15, 0.2) is 11.4 Å². The third kappa shape index (κ3) is 3.62. The number of aliphatic hydroxyl groups excluding tert-OH is 2. The van der Waals surface area contributed by atoms with Crippen LogP contribution in [0.4, 0.5) is 5.69 Å².